The predicted octanol–water partition coefficient (Wildman–Crippen LogP) is 4.55. The monoisotopic (exact) mass is 476 g/mol. The van der Waals surface area contributed by atoms with Crippen LogP contribution in [0.1, 0.15) is 28.8 Å². The van der Waals surface area contributed by atoms with Crippen molar-refractivity contribution >= 4 is 28.5 Å². The van der Waals surface area contributed by atoms with Crippen molar-refractivity contribution in [2.24, 2.45) is 0 Å². The zero-order chi connectivity index (χ0) is 24.6. The summed E-state index contributed by atoms with van der Waals surface area (Å²) in [4.78, 5) is 27.7. The smallest absolute Gasteiger partial charge is 0.415 e. The summed E-state index contributed by atoms with van der Waals surface area (Å²) in [6.45, 7) is 2.82. The fourth-order valence-corrected chi connectivity index (χ4v) is 5.06. The number of carbonyl (C=O) groups excluding carboxylic acids is 1. The lowest BCUT2D eigenvalue weighted by Gasteiger charge is -2.37. The lowest BCUT2D eigenvalue weighted by atomic mass is 9.91. The number of carboxylic acids is 1. The van der Waals surface area contributed by atoms with Gasteiger partial charge in [-0.1, -0.05) is 12.1 Å². The van der Waals surface area contributed by atoms with Gasteiger partial charge in [-0.15, -0.1) is 0 Å². The number of fused-ring (bicyclic) bond motifs is 1. The second-order valence-corrected chi connectivity index (χ2v) is 9.12. The van der Waals surface area contributed by atoms with Crippen LogP contribution in [0.5, 0.6) is 11.5 Å². The van der Waals surface area contributed by atoms with E-state index in [1.807, 2.05) is 18.2 Å². The molecule has 0 bridgehead atoms. The molecule has 182 valence electrons. The summed E-state index contributed by atoms with van der Waals surface area (Å²) >= 11 is 0. The summed E-state index contributed by atoms with van der Waals surface area (Å²) in [6.07, 6.45) is 1.08. The number of nitrogens with zero attached hydrogens (tertiary/aromatic N) is 2. The molecule has 2 aliphatic rings. The van der Waals surface area contributed by atoms with Crippen molar-refractivity contribution < 1.29 is 28.9 Å². The zero-order valence-corrected chi connectivity index (χ0v) is 19.8. The van der Waals surface area contributed by atoms with E-state index in [-0.39, 0.29) is 11.7 Å². The highest BCUT2D eigenvalue weighted by Crippen LogP contribution is 2.37. The molecular weight excluding hydrogens is 448 g/mol. The Bertz CT molecular complexity index is 1260. The highest BCUT2D eigenvalue weighted by molar-refractivity contribution is 5.94. The summed E-state index contributed by atoms with van der Waals surface area (Å²) in [5, 5.41) is 11.1. The largest absolute Gasteiger partial charge is 0.496 e. The predicted molar refractivity (Wildman–Crippen MR) is 132 cm³/mol. The van der Waals surface area contributed by atoms with Gasteiger partial charge >= 0.3 is 12.1 Å². The topological polar surface area (TPSA) is 88.5 Å². The third-order valence-corrected chi connectivity index (χ3v) is 6.99. The van der Waals surface area contributed by atoms with E-state index in [0.717, 1.165) is 60.3 Å². The summed E-state index contributed by atoms with van der Waals surface area (Å²) in [6, 6.07) is 16.5. The van der Waals surface area contributed by atoms with Gasteiger partial charge in [0, 0.05) is 48.9 Å². The van der Waals surface area contributed by atoms with E-state index in [2.05, 4.69) is 17.0 Å². The number of carboxylic acid groups (broad SMARTS) is 1. The molecule has 1 amide bonds. The average Bonchev–Trinajstić information content (AvgIpc) is 3.20. The van der Waals surface area contributed by atoms with E-state index in [4.69, 9.17) is 19.3 Å². The average molecular weight is 477 g/mol. The van der Waals surface area contributed by atoms with E-state index >= 15 is 0 Å². The lowest BCUT2D eigenvalue weighted by molar-refractivity contribution is -0.000984. The van der Waals surface area contributed by atoms with Crippen molar-refractivity contribution in [2.75, 3.05) is 38.8 Å². The summed E-state index contributed by atoms with van der Waals surface area (Å²) in [7, 11) is 3.35. The molecule has 2 heterocycles. The molecule has 0 aliphatic carbocycles. The van der Waals surface area contributed by atoms with Crippen LogP contribution in [0.3, 0.4) is 0 Å². The van der Waals surface area contributed by atoms with Crippen LogP contribution in [0.25, 0.3) is 10.8 Å². The van der Waals surface area contributed by atoms with Gasteiger partial charge in [0.2, 0.25) is 0 Å². The number of piperidine rings is 1. The number of anilines is 1. The molecule has 1 spiro atoms. The molecule has 0 unspecified atom stereocenters. The van der Waals surface area contributed by atoms with E-state index in [1.165, 1.54) is 12.1 Å². The number of benzene rings is 3. The maximum absolute atomic E-state index is 12.6. The Morgan fingerprint density at radius 2 is 1.71 bits per heavy atom. The Hall–Kier alpha value is -3.78. The van der Waals surface area contributed by atoms with Crippen LogP contribution in [-0.2, 0) is 11.3 Å². The highest BCUT2D eigenvalue weighted by atomic mass is 16.6. The standard InChI is InChI=1S/C27H28N2O6/c1-33-23-5-3-4-21-22(23)14-18(15-24(21)34-2)16-28-12-10-27(11-13-28)17-29(26(32)35-27)20-8-6-19(7-9-20)25(30)31/h3-9,14-15H,10-13,16-17H2,1-2H3,(H,30,31). The molecule has 2 fully saturated rings. The van der Waals surface area contributed by atoms with Gasteiger partial charge in [-0.2, -0.15) is 0 Å². The fraction of sp³-hybridized carbons (Fsp3) is 0.333. The molecule has 8 nitrogen and oxygen atoms in total. The molecule has 1 N–H and O–H groups in total. The van der Waals surface area contributed by atoms with Crippen molar-refractivity contribution in [3.8, 4) is 11.5 Å². The Labute approximate surface area is 203 Å². The number of rotatable bonds is 6. The van der Waals surface area contributed by atoms with E-state index < -0.39 is 11.6 Å². The lowest BCUT2D eigenvalue weighted by Crippen LogP contribution is -2.46. The van der Waals surface area contributed by atoms with Gasteiger partial charge in [-0.05, 0) is 48.0 Å². The zero-order valence-electron chi connectivity index (χ0n) is 19.8. The number of likely N-dealkylation sites (tertiary alicyclic amines) is 1. The fourth-order valence-electron chi connectivity index (χ4n) is 5.06. The minimum absolute atomic E-state index is 0.187. The molecule has 5 rings (SSSR count). The first-order chi connectivity index (χ1) is 16.9. The summed E-state index contributed by atoms with van der Waals surface area (Å²) in [5.74, 6) is 0.639. The second-order valence-electron chi connectivity index (χ2n) is 9.12. The SMILES string of the molecule is COc1cc(CN2CCC3(CC2)CN(c2ccc(C(=O)O)cc2)C(=O)O3)cc2c(OC)cccc12. The first-order valence-electron chi connectivity index (χ1n) is 11.6. The van der Waals surface area contributed by atoms with Gasteiger partial charge < -0.3 is 19.3 Å². The van der Waals surface area contributed by atoms with E-state index in [9.17, 15) is 9.59 Å². The molecule has 3 aromatic rings. The Kier molecular flexibility index (Phi) is 5.98. The number of amides is 1. The van der Waals surface area contributed by atoms with E-state index in [1.54, 1.807) is 31.3 Å². The van der Waals surface area contributed by atoms with Gasteiger partial charge in [-0.25, -0.2) is 9.59 Å². The van der Waals surface area contributed by atoms with Crippen molar-refractivity contribution in [1.82, 2.24) is 4.90 Å². The number of carbonyl (C=O) groups is 2. The summed E-state index contributed by atoms with van der Waals surface area (Å²) < 4.78 is 17.1. The maximum atomic E-state index is 12.6. The molecule has 0 atom stereocenters. The van der Waals surface area contributed by atoms with Crippen LogP contribution in [0.4, 0.5) is 10.5 Å². The van der Waals surface area contributed by atoms with Crippen LogP contribution >= 0.6 is 0 Å². The molecular formula is C27H28N2O6. The van der Waals surface area contributed by atoms with Crippen molar-refractivity contribution in [3.63, 3.8) is 0 Å². The number of ether oxygens (including phenoxy) is 3. The highest BCUT2D eigenvalue weighted by Gasteiger charge is 2.47. The van der Waals surface area contributed by atoms with Crippen LogP contribution in [0.2, 0.25) is 0 Å². The Morgan fingerprint density at radius 1 is 1.00 bits per heavy atom. The number of hydrogen-bond acceptors (Lipinski definition) is 6. The molecule has 0 aromatic heterocycles. The Balaban J connectivity index is 1.27. The normalized spacial score (nSPS) is 17.5. The van der Waals surface area contributed by atoms with Crippen LogP contribution < -0.4 is 14.4 Å². The van der Waals surface area contributed by atoms with Crippen LogP contribution in [0.15, 0.2) is 54.6 Å². The van der Waals surface area contributed by atoms with Crippen molar-refractivity contribution in [1.29, 1.82) is 0 Å². The number of methoxy groups -OCH3 is 2. The third-order valence-electron chi connectivity index (χ3n) is 6.99. The molecule has 0 radical (unpaired) electrons. The molecule has 2 aliphatic heterocycles. The molecule has 2 saturated heterocycles. The molecule has 8 heteroatoms. The first-order valence-corrected chi connectivity index (χ1v) is 11.6. The van der Waals surface area contributed by atoms with Gasteiger partial charge in [0.05, 0.1) is 26.3 Å². The second kappa shape index (κ2) is 9.11. The Morgan fingerprint density at radius 3 is 2.37 bits per heavy atom. The van der Waals surface area contributed by atoms with Gasteiger partial charge in [0.15, 0.2) is 0 Å². The van der Waals surface area contributed by atoms with Crippen LogP contribution in [-0.4, -0.2) is 61.5 Å². The first kappa shape index (κ1) is 23.0. The molecule has 35 heavy (non-hydrogen) atoms. The van der Waals surface area contributed by atoms with Gasteiger partial charge in [0.1, 0.15) is 17.1 Å². The van der Waals surface area contributed by atoms with Crippen molar-refractivity contribution in [3.05, 3.63) is 65.7 Å². The molecule has 0 saturated carbocycles. The number of aromatic carboxylic acids is 1. The molecule has 3 aromatic carbocycles. The minimum atomic E-state index is -0.994. The maximum Gasteiger partial charge on any atom is 0.415 e. The van der Waals surface area contributed by atoms with Gasteiger partial charge in [-0.3, -0.25) is 9.80 Å². The van der Waals surface area contributed by atoms with Crippen LogP contribution in [0, 0.1) is 0 Å². The number of hydrogen-bond donors (Lipinski definition) is 1. The minimum Gasteiger partial charge on any atom is -0.496 e. The summed E-state index contributed by atoms with van der Waals surface area (Å²) in [5.41, 5.74) is 1.45. The van der Waals surface area contributed by atoms with Gasteiger partial charge in [0.25, 0.3) is 0 Å². The van der Waals surface area contributed by atoms with Crippen molar-refractivity contribution in [2.45, 2.75) is 25.0 Å². The van der Waals surface area contributed by atoms with E-state index in [0.29, 0.717) is 12.2 Å². The third kappa shape index (κ3) is 4.37. The quantitative estimate of drug-likeness (QED) is 0.559.